The van der Waals surface area contributed by atoms with E-state index in [2.05, 4.69) is 10.0 Å². The van der Waals surface area contributed by atoms with E-state index in [1.54, 1.807) is 0 Å². The second-order valence-corrected chi connectivity index (χ2v) is 8.26. The average Bonchev–Trinajstić information content (AvgIpc) is 2.54. The second-order valence-electron chi connectivity index (χ2n) is 6.52. The van der Waals surface area contributed by atoms with Crippen LogP contribution in [0.3, 0.4) is 0 Å². The van der Waals surface area contributed by atoms with E-state index in [9.17, 15) is 18.3 Å². The quantitative estimate of drug-likeness (QED) is 0.477. The Balaban J connectivity index is 2.97. The van der Waals surface area contributed by atoms with E-state index in [4.69, 9.17) is 4.74 Å². The Morgan fingerprint density at radius 1 is 1.27 bits per heavy atom. The summed E-state index contributed by atoms with van der Waals surface area (Å²) in [5.74, 6) is -1.17. The van der Waals surface area contributed by atoms with Crippen molar-refractivity contribution in [2.24, 2.45) is 0 Å². The summed E-state index contributed by atoms with van der Waals surface area (Å²) in [4.78, 5) is 11.2. The Kier molecular flexibility index (Phi) is 9.04. The zero-order chi connectivity index (χ0) is 19.7. The fraction of sp³-hybridized carbons (Fsp3) is 0.611. The number of carboxylic acid groups (broad SMARTS) is 1. The van der Waals surface area contributed by atoms with Crippen molar-refractivity contribution in [3.05, 3.63) is 23.8 Å². The summed E-state index contributed by atoms with van der Waals surface area (Å²) in [7, 11) is -3.84. The average molecular weight is 387 g/mol. The van der Waals surface area contributed by atoms with Gasteiger partial charge >= 0.3 is 5.97 Å². The zero-order valence-corrected chi connectivity index (χ0v) is 16.7. The fourth-order valence-electron chi connectivity index (χ4n) is 2.44. The predicted molar refractivity (Wildman–Crippen MR) is 102 cm³/mol. The number of rotatable bonds is 12. The van der Waals surface area contributed by atoms with Gasteiger partial charge in [0.25, 0.3) is 0 Å². The van der Waals surface area contributed by atoms with Crippen LogP contribution in [-0.2, 0) is 14.8 Å². The van der Waals surface area contributed by atoms with Gasteiger partial charge in [-0.1, -0.05) is 13.3 Å². The van der Waals surface area contributed by atoms with Crippen LogP contribution < -0.4 is 10.0 Å². The van der Waals surface area contributed by atoms with Crippen LogP contribution in [0.4, 0.5) is 5.69 Å². The number of nitrogens with one attached hydrogen (secondary N) is 2. The Bertz CT molecular complexity index is 689. The minimum absolute atomic E-state index is 0.0508. The van der Waals surface area contributed by atoms with Crippen LogP contribution >= 0.6 is 0 Å². The minimum atomic E-state index is -3.84. The van der Waals surface area contributed by atoms with Gasteiger partial charge in [-0.15, -0.1) is 0 Å². The van der Waals surface area contributed by atoms with Gasteiger partial charge in [0.15, 0.2) is 0 Å². The molecule has 1 aromatic carbocycles. The molecule has 8 heteroatoms. The summed E-state index contributed by atoms with van der Waals surface area (Å²) in [6.07, 6.45) is 2.46. The number of carbonyl (C=O) groups is 1. The maximum atomic E-state index is 12.7. The maximum absolute atomic E-state index is 12.7. The summed E-state index contributed by atoms with van der Waals surface area (Å²) >= 11 is 0. The molecular formula is C18H30N2O5S. The van der Waals surface area contributed by atoms with Crippen LogP contribution in [0.5, 0.6) is 0 Å². The molecule has 3 N–H and O–H groups in total. The maximum Gasteiger partial charge on any atom is 0.335 e. The number of hydrogen-bond donors (Lipinski definition) is 3. The topological polar surface area (TPSA) is 105 Å². The lowest BCUT2D eigenvalue weighted by molar-refractivity contribution is 0.0696. The largest absolute Gasteiger partial charge is 0.478 e. The summed E-state index contributed by atoms with van der Waals surface area (Å²) in [6.45, 7) is 8.50. The van der Waals surface area contributed by atoms with Crippen molar-refractivity contribution in [2.75, 3.05) is 18.5 Å². The molecule has 0 aromatic heterocycles. The third kappa shape index (κ3) is 7.31. The number of sulfonamides is 1. The Morgan fingerprint density at radius 3 is 2.54 bits per heavy atom. The highest BCUT2D eigenvalue weighted by Crippen LogP contribution is 2.24. The molecule has 1 rings (SSSR count). The van der Waals surface area contributed by atoms with Gasteiger partial charge in [0.05, 0.1) is 17.4 Å². The molecule has 0 heterocycles. The van der Waals surface area contributed by atoms with Crippen molar-refractivity contribution in [3.63, 3.8) is 0 Å². The summed E-state index contributed by atoms with van der Waals surface area (Å²) < 4.78 is 33.3. The smallest absolute Gasteiger partial charge is 0.335 e. The van der Waals surface area contributed by atoms with Gasteiger partial charge in [-0.2, -0.15) is 0 Å². The molecule has 26 heavy (non-hydrogen) atoms. The van der Waals surface area contributed by atoms with Gasteiger partial charge in [-0.05, 0) is 51.8 Å². The van der Waals surface area contributed by atoms with E-state index in [1.165, 1.54) is 18.2 Å². The van der Waals surface area contributed by atoms with Crippen molar-refractivity contribution in [1.29, 1.82) is 0 Å². The number of hydrogen-bond acceptors (Lipinski definition) is 5. The molecule has 0 saturated heterocycles. The predicted octanol–water partition coefficient (Wildman–Crippen LogP) is 3.08. The molecule has 0 aliphatic rings. The van der Waals surface area contributed by atoms with Gasteiger partial charge in [-0.25, -0.2) is 17.9 Å². The van der Waals surface area contributed by atoms with Gasteiger partial charge < -0.3 is 15.2 Å². The number of anilines is 1. The highest BCUT2D eigenvalue weighted by Gasteiger charge is 2.21. The van der Waals surface area contributed by atoms with Gasteiger partial charge in [0.2, 0.25) is 10.0 Å². The Labute approximate surface area is 156 Å². The van der Waals surface area contributed by atoms with Crippen LogP contribution in [0, 0.1) is 0 Å². The number of benzene rings is 1. The molecule has 0 fully saturated rings. The van der Waals surface area contributed by atoms with Crippen LogP contribution in [0.15, 0.2) is 23.1 Å². The summed E-state index contributed by atoms with van der Waals surface area (Å²) in [5.41, 5.74) is 0.337. The first-order valence-corrected chi connectivity index (χ1v) is 10.4. The van der Waals surface area contributed by atoms with Crippen molar-refractivity contribution in [1.82, 2.24) is 4.72 Å². The van der Waals surface area contributed by atoms with Crippen molar-refractivity contribution >= 4 is 21.7 Å². The first kappa shape index (κ1) is 22.4. The van der Waals surface area contributed by atoms with Gasteiger partial charge in [-0.3, -0.25) is 0 Å². The molecule has 0 spiro atoms. The molecular weight excluding hydrogens is 356 g/mol. The highest BCUT2D eigenvalue weighted by atomic mass is 32.2. The molecule has 1 unspecified atom stereocenters. The zero-order valence-electron chi connectivity index (χ0n) is 15.9. The minimum Gasteiger partial charge on any atom is -0.478 e. The van der Waals surface area contributed by atoms with Crippen LogP contribution in [0.2, 0.25) is 0 Å². The lowest BCUT2D eigenvalue weighted by Gasteiger charge is -2.18. The normalized spacial score (nSPS) is 13.0. The van der Waals surface area contributed by atoms with Crippen LogP contribution in [-0.4, -0.2) is 44.8 Å². The third-order valence-corrected chi connectivity index (χ3v) is 5.21. The molecule has 0 bridgehead atoms. The second kappa shape index (κ2) is 10.5. The molecule has 0 saturated carbocycles. The van der Waals surface area contributed by atoms with E-state index in [0.717, 1.165) is 12.8 Å². The summed E-state index contributed by atoms with van der Waals surface area (Å²) in [6, 6.07) is 4.17. The standard InChI is InChI=1S/C18H30N2O5S/c1-5-7-14(4)20-16-9-8-15(18(21)22)12-17(16)26(23,24)19-10-6-11-25-13(2)3/h8-9,12-14,19-20H,5-7,10-11H2,1-4H3,(H,21,22). The molecule has 0 aliphatic heterocycles. The molecule has 1 atom stereocenters. The third-order valence-electron chi connectivity index (χ3n) is 3.71. The molecule has 0 amide bonds. The first-order valence-electron chi connectivity index (χ1n) is 8.92. The Morgan fingerprint density at radius 2 is 1.96 bits per heavy atom. The fourth-order valence-corrected chi connectivity index (χ4v) is 3.71. The number of aromatic carboxylic acids is 1. The van der Waals surface area contributed by atoms with Crippen molar-refractivity contribution in [3.8, 4) is 0 Å². The Hall–Kier alpha value is -1.64. The van der Waals surface area contributed by atoms with Gasteiger partial charge in [0, 0.05) is 19.2 Å². The van der Waals surface area contributed by atoms with Crippen molar-refractivity contribution < 1.29 is 23.1 Å². The van der Waals surface area contributed by atoms with Gasteiger partial charge in [0.1, 0.15) is 4.90 Å². The van der Waals surface area contributed by atoms with E-state index >= 15 is 0 Å². The molecule has 1 aromatic rings. The number of ether oxygens (including phenoxy) is 1. The lowest BCUT2D eigenvalue weighted by atomic mass is 10.1. The molecule has 0 aliphatic carbocycles. The van der Waals surface area contributed by atoms with E-state index < -0.39 is 16.0 Å². The first-order chi connectivity index (χ1) is 12.2. The monoisotopic (exact) mass is 386 g/mol. The molecule has 0 radical (unpaired) electrons. The highest BCUT2D eigenvalue weighted by molar-refractivity contribution is 7.89. The van der Waals surface area contributed by atoms with Crippen LogP contribution in [0.25, 0.3) is 0 Å². The van der Waals surface area contributed by atoms with E-state index in [0.29, 0.717) is 18.7 Å². The van der Waals surface area contributed by atoms with E-state index in [1.807, 2.05) is 27.7 Å². The molecule has 148 valence electrons. The van der Waals surface area contributed by atoms with E-state index in [-0.39, 0.29) is 29.1 Å². The lowest BCUT2D eigenvalue weighted by Crippen LogP contribution is -2.28. The SMILES string of the molecule is CCCC(C)Nc1ccc(C(=O)O)cc1S(=O)(=O)NCCCOC(C)C. The van der Waals surface area contributed by atoms with Crippen LogP contribution in [0.1, 0.15) is 57.3 Å². The summed E-state index contributed by atoms with van der Waals surface area (Å²) in [5, 5.41) is 12.3. The molecule has 7 nitrogen and oxygen atoms in total. The number of carboxylic acids is 1. The van der Waals surface area contributed by atoms with Crippen molar-refractivity contribution in [2.45, 2.75) is 64.0 Å².